The van der Waals surface area contributed by atoms with Crippen LogP contribution >= 0.6 is 0 Å². The van der Waals surface area contributed by atoms with Gasteiger partial charge in [0.1, 0.15) is 0 Å². The van der Waals surface area contributed by atoms with Crippen LogP contribution in [0.15, 0.2) is 30.5 Å². The fourth-order valence-corrected chi connectivity index (χ4v) is 2.16. The van der Waals surface area contributed by atoms with Gasteiger partial charge in [-0.3, -0.25) is 0 Å². The number of nitrogens with zero attached hydrogens (tertiary/aromatic N) is 1. The molecule has 0 saturated carbocycles. The first-order valence-corrected chi connectivity index (χ1v) is 5.84. The third kappa shape index (κ3) is 2.23. The van der Waals surface area contributed by atoms with Gasteiger partial charge in [0.05, 0.1) is 0 Å². The first-order chi connectivity index (χ1) is 7.31. The lowest BCUT2D eigenvalue weighted by Crippen LogP contribution is -2.17. The molecular weight excluding hydrogens is 182 g/mol. The molecule has 0 aliphatic carbocycles. The molecule has 0 bridgehead atoms. The van der Waals surface area contributed by atoms with Gasteiger partial charge in [-0.15, -0.1) is 0 Å². The third-order valence-electron chi connectivity index (χ3n) is 2.99. The Morgan fingerprint density at radius 1 is 1.33 bits per heavy atom. The number of benzene rings is 1. The standard InChI is InChI=1S/C14H19N/c1-3-15-10-6-4-5-7-13-11-12(2)8-9-14(13)15/h6,8-11H,3-5,7H2,1-2H3/b10-6-. The van der Waals surface area contributed by atoms with E-state index in [9.17, 15) is 0 Å². The van der Waals surface area contributed by atoms with Crippen LogP contribution in [0, 0.1) is 6.92 Å². The molecule has 1 heteroatoms. The molecule has 1 heterocycles. The van der Waals surface area contributed by atoms with Crippen molar-refractivity contribution in [3.63, 3.8) is 0 Å². The van der Waals surface area contributed by atoms with Crippen molar-refractivity contribution in [1.82, 2.24) is 0 Å². The number of rotatable bonds is 1. The Morgan fingerprint density at radius 2 is 2.20 bits per heavy atom. The van der Waals surface area contributed by atoms with Gasteiger partial charge in [-0.1, -0.05) is 23.8 Å². The average Bonchev–Trinajstić information content (AvgIpc) is 2.21. The first-order valence-electron chi connectivity index (χ1n) is 5.84. The summed E-state index contributed by atoms with van der Waals surface area (Å²) in [6.07, 6.45) is 8.19. The summed E-state index contributed by atoms with van der Waals surface area (Å²) in [5.74, 6) is 0. The van der Waals surface area contributed by atoms with Gasteiger partial charge >= 0.3 is 0 Å². The molecule has 0 atom stereocenters. The molecule has 15 heavy (non-hydrogen) atoms. The molecule has 0 radical (unpaired) electrons. The lowest BCUT2D eigenvalue weighted by molar-refractivity contribution is 0.818. The van der Waals surface area contributed by atoms with E-state index in [1.165, 1.54) is 36.1 Å². The number of anilines is 1. The van der Waals surface area contributed by atoms with Gasteiger partial charge in [-0.2, -0.15) is 0 Å². The summed E-state index contributed by atoms with van der Waals surface area (Å²) in [6.45, 7) is 5.42. The van der Waals surface area contributed by atoms with Crippen molar-refractivity contribution in [2.75, 3.05) is 11.4 Å². The van der Waals surface area contributed by atoms with Crippen LogP contribution in [-0.2, 0) is 6.42 Å². The second-order valence-electron chi connectivity index (χ2n) is 4.20. The number of hydrogen-bond donors (Lipinski definition) is 0. The van der Waals surface area contributed by atoms with E-state index in [1.807, 2.05) is 0 Å². The van der Waals surface area contributed by atoms with E-state index in [4.69, 9.17) is 0 Å². The molecule has 0 N–H and O–H groups in total. The van der Waals surface area contributed by atoms with Crippen molar-refractivity contribution in [3.05, 3.63) is 41.6 Å². The van der Waals surface area contributed by atoms with E-state index < -0.39 is 0 Å². The van der Waals surface area contributed by atoms with Crippen LogP contribution in [0.1, 0.15) is 30.9 Å². The molecular formula is C14H19N. The topological polar surface area (TPSA) is 3.24 Å². The fraction of sp³-hybridized carbons (Fsp3) is 0.429. The highest BCUT2D eigenvalue weighted by Gasteiger charge is 2.09. The molecule has 1 nitrogen and oxygen atoms in total. The second kappa shape index (κ2) is 4.52. The maximum Gasteiger partial charge on any atom is 0.0438 e. The highest BCUT2D eigenvalue weighted by molar-refractivity contribution is 5.57. The zero-order valence-corrected chi connectivity index (χ0v) is 9.66. The largest absolute Gasteiger partial charge is 0.348 e. The maximum absolute atomic E-state index is 2.34. The van der Waals surface area contributed by atoms with Crippen LogP contribution in [0.4, 0.5) is 5.69 Å². The summed E-state index contributed by atoms with van der Waals surface area (Å²) in [5.41, 5.74) is 4.26. The Labute approximate surface area is 92.4 Å². The lowest BCUT2D eigenvalue weighted by Gasteiger charge is -2.24. The van der Waals surface area contributed by atoms with E-state index in [2.05, 4.69) is 49.2 Å². The molecule has 0 fully saturated rings. The van der Waals surface area contributed by atoms with Crippen LogP contribution in [0.5, 0.6) is 0 Å². The van der Waals surface area contributed by atoms with Crippen LogP contribution in [0.3, 0.4) is 0 Å². The number of allylic oxidation sites excluding steroid dienone is 1. The molecule has 0 amide bonds. The van der Waals surface area contributed by atoms with E-state index in [-0.39, 0.29) is 0 Å². The molecule has 1 aliphatic rings. The molecule has 1 aromatic carbocycles. The first kappa shape index (κ1) is 10.3. The van der Waals surface area contributed by atoms with Gasteiger partial charge in [-0.25, -0.2) is 0 Å². The normalized spacial score (nSPS) is 17.9. The highest BCUT2D eigenvalue weighted by Crippen LogP contribution is 2.25. The highest BCUT2D eigenvalue weighted by atomic mass is 15.1. The third-order valence-corrected chi connectivity index (χ3v) is 2.99. The predicted octanol–water partition coefficient (Wildman–Crippen LogP) is 3.67. The fourth-order valence-electron chi connectivity index (χ4n) is 2.16. The predicted molar refractivity (Wildman–Crippen MR) is 66.3 cm³/mol. The Morgan fingerprint density at radius 3 is 3.00 bits per heavy atom. The summed E-state index contributed by atoms with van der Waals surface area (Å²) in [6, 6.07) is 6.79. The minimum Gasteiger partial charge on any atom is -0.348 e. The van der Waals surface area contributed by atoms with Crippen molar-refractivity contribution in [2.24, 2.45) is 0 Å². The quantitative estimate of drug-likeness (QED) is 0.670. The SMILES string of the molecule is CCN1/C=C\CCCc2cc(C)ccc21. The van der Waals surface area contributed by atoms with Gasteiger partial charge in [0, 0.05) is 18.4 Å². The van der Waals surface area contributed by atoms with Crippen molar-refractivity contribution < 1.29 is 0 Å². The molecule has 1 aliphatic heterocycles. The number of aryl methyl sites for hydroxylation is 2. The summed E-state index contributed by atoms with van der Waals surface area (Å²) in [5, 5.41) is 0. The van der Waals surface area contributed by atoms with Gasteiger partial charge in [0.2, 0.25) is 0 Å². The van der Waals surface area contributed by atoms with Crippen LogP contribution < -0.4 is 4.90 Å². The maximum atomic E-state index is 2.34. The molecule has 0 saturated heterocycles. The van der Waals surface area contributed by atoms with Gasteiger partial charge in [-0.05, 0) is 44.7 Å². The van der Waals surface area contributed by atoms with Gasteiger partial charge in [0.15, 0.2) is 0 Å². The summed E-state index contributed by atoms with van der Waals surface area (Å²) < 4.78 is 0. The van der Waals surface area contributed by atoms with E-state index in [0.29, 0.717) is 0 Å². The zero-order chi connectivity index (χ0) is 10.7. The van der Waals surface area contributed by atoms with E-state index in [0.717, 1.165) is 6.54 Å². The van der Waals surface area contributed by atoms with E-state index in [1.54, 1.807) is 0 Å². The van der Waals surface area contributed by atoms with Crippen molar-refractivity contribution in [2.45, 2.75) is 33.1 Å². The van der Waals surface area contributed by atoms with E-state index >= 15 is 0 Å². The number of hydrogen-bond acceptors (Lipinski definition) is 1. The minimum absolute atomic E-state index is 1.05. The van der Waals surface area contributed by atoms with Crippen molar-refractivity contribution in [3.8, 4) is 0 Å². The van der Waals surface area contributed by atoms with Crippen LogP contribution in [0.25, 0.3) is 0 Å². The molecule has 0 aromatic heterocycles. The zero-order valence-electron chi connectivity index (χ0n) is 9.66. The second-order valence-corrected chi connectivity index (χ2v) is 4.20. The van der Waals surface area contributed by atoms with Gasteiger partial charge < -0.3 is 4.90 Å². The average molecular weight is 201 g/mol. The summed E-state index contributed by atoms with van der Waals surface area (Å²) >= 11 is 0. The van der Waals surface area contributed by atoms with Crippen LogP contribution in [0.2, 0.25) is 0 Å². The summed E-state index contributed by atoms with van der Waals surface area (Å²) in [7, 11) is 0. The lowest BCUT2D eigenvalue weighted by atomic mass is 10.0. The molecule has 1 aromatic rings. The minimum atomic E-state index is 1.05. The Hall–Kier alpha value is -1.24. The number of fused-ring (bicyclic) bond motifs is 1. The smallest absolute Gasteiger partial charge is 0.0438 e. The monoisotopic (exact) mass is 201 g/mol. The van der Waals surface area contributed by atoms with Crippen molar-refractivity contribution in [1.29, 1.82) is 0 Å². The molecule has 2 rings (SSSR count). The Bertz CT molecular complexity index is 366. The molecule has 80 valence electrons. The molecule has 0 unspecified atom stereocenters. The van der Waals surface area contributed by atoms with Gasteiger partial charge in [0.25, 0.3) is 0 Å². The van der Waals surface area contributed by atoms with Crippen molar-refractivity contribution >= 4 is 5.69 Å². The Kier molecular flexibility index (Phi) is 3.10. The summed E-state index contributed by atoms with van der Waals surface area (Å²) in [4.78, 5) is 2.34. The Balaban J connectivity index is 2.42. The van der Waals surface area contributed by atoms with Crippen LogP contribution in [-0.4, -0.2) is 6.54 Å². The molecule has 0 spiro atoms.